The van der Waals surface area contributed by atoms with E-state index in [4.69, 9.17) is 0 Å². The van der Waals surface area contributed by atoms with Crippen LogP contribution < -0.4 is 5.32 Å². The zero-order valence-corrected chi connectivity index (χ0v) is 9.61. The average molecular weight is 238 g/mol. The molecule has 1 aromatic rings. The van der Waals surface area contributed by atoms with Gasteiger partial charge in [-0.2, -0.15) is 0 Å². The molecule has 2 N–H and O–H groups in total. The summed E-state index contributed by atoms with van der Waals surface area (Å²) in [6.07, 6.45) is 0. The molecule has 4 nitrogen and oxygen atoms in total. The lowest BCUT2D eigenvalue weighted by atomic mass is 10.1. The van der Waals surface area contributed by atoms with Crippen LogP contribution in [0.4, 0.5) is 4.39 Å². The number of phenolic OH excluding ortho intramolecular Hbond substituents is 1. The first kappa shape index (κ1) is 11.9. The van der Waals surface area contributed by atoms with Crippen molar-refractivity contribution in [2.75, 3.05) is 19.6 Å². The number of hydrogen-bond donors (Lipinski definition) is 2. The van der Waals surface area contributed by atoms with Gasteiger partial charge in [-0.05, 0) is 19.1 Å². The van der Waals surface area contributed by atoms with Crippen molar-refractivity contribution >= 4 is 5.91 Å². The number of rotatable bonds is 3. The molecule has 0 aliphatic carbocycles. The van der Waals surface area contributed by atoms with Crippen molar-refractivity contribution in [3.05, 3.63) is 29.6 Å². The maximum atomic E-state index is 13.6. The number of likely N-dealkylation sites (N-methyl/N-ethyl adjacent to an activating group) is 1. The minimum Gasteiger partial charge on any atom is -0.507 e. The summed E-state index contributed by atoms with van der Waals surface area (Å²) >= 11 is 0. The lowest BCUT2D eigenvalue weighted by Gasteiger charge is -2.37. The van der Waals surface area contributed by atoms with Crippen LogP contribution in [-0.2, 0) is 0 Å². The van der Waals surface area contributed by atoms with Crippen molar-refractivity contribution in [1.29, 1.82) is 0 Å². The Bertz CT molecular complexity index is 412. The summed E-state index contributed by atoms with van der Waals surface area (Å²) in [5.41, 5.74) is -0.235. The van der Waals surface area contributed by atoms with Crippen molar-refractivity contribution in [2.24, 2.45) is 0 Å². The van der Waals surface area contributed by atoms with Gasteiger partial charge in [0.1, 0.15) is 17.1 Å². The number of carbonyl (C=O) groups is 1. The fourth-order valence-corrected chi connectivity index (χ4v) is 1.93. The maximum absolute atomic E-state index is 13.6. The number of nitrogens with one attached hydrogen (secondary N) is 1. The van der Waals surface area contributed by atoms with Crippen molar-refractivity contribution in [3.8, 4) is 5.75 Å². The third-order valence-electron chi connectivity index (χ3n) is 3.01. The van der Waals surface area contributed by atoms with Gasteiger partial charge in [-0.3, -0.25) is 4.79 Å². The Balaban J connectivity index is 2.28. The van der Waals surface area contributed by atoms with Gasteiger partial charge in [-0.25, -0.2) is 4.39 Å². The van der Waals surface area contributed by atoms with E-state index < -0.39 is 11.7 Å². The Labute approximate surface area is 99.0 Å². The van der Waals surface area contributed by atoms with Gasteiger partial charge in [-0.1, -0.05) is 6.07 Å². The molecule has 0 saturated carbocycles. The quantitative estimate of drug-likeness (QED) is 0.825. The molecule has 0 spiro atoms. The minimum atomic E-state index is -0.680. The molecule has 1 aliphatic heterocycles. The third-order valence-corrected chi connectivity index (χ3v) is 3.01. The van der Waals surface area contributed by atoms with E-state index in [0.29, 0.717) is 6.54 Å². The van der Waals surface area contributed by atoms with Gasteiger partial charge in [0, 0.05) is 19.6 Å². The van der Waals surface area contributed by atoms with Gasteiger partial charge in [-0.15, -0.1) is 0 Å². The minimum absolute atomic E-state index is 0.0894. The molecule has 1 heterocycles. The van der Waals surface area contributed by atoms with Crippen LogP contribution in [0.5, 0.6) is 5.75 Å². The van der Waals surface area contributed by atoms with Crippen molar-refractivity contribution < 1.29 is 14.3 Å². The first-order valence-corrected chi connectivity index (χ1v) is 5.64. The molecular weight excluding hydrogens is 223 g/mol. The summed E-state index contributed by atoms with van der Waals surface area (Å²) in [7, 11) is 0. The predicted molar refractivity (Wildman–Crippen MR) is 61.4 cm³/mol. The van der Waals surface area contributed by atoms with Crippen LogP contribution in [0, 0.1) is 5.82 Å². The van der Waals surface area contributed by atoms with Gasteiger partial charge >= 0.3 is 0 Å². The normalized spacial score (nSPS) is 15.4. The Hall–Kier alpha value is -1.62. The van der Waals surface area contributed by atoms with E-state index in [1.165, 1.54) is 18.2 Å². The van der Waals surface area contributed by atoms with Gasteiger partial charge < -0.3 is 15.3 Å². The molecule has 0 bridgehead atoms. The van der Waals surface area contributed by atoms with E-state index in [-0.39, 0.29) is 17.4 Å². The molecule has 1 amide bonds. The second-order valence-corrected chi connectivity index (χ2v) is 4.04. The lowest BCUT2D eigenvalue weighted by molar-refractivity contribution is 0.0622. The van der Waals surface area contributed by atoms with Crippen LogP contribution in [0.3, 0.4) is 0 Å². The summed E-state index contributed by atoms with van der Waals surface area (Å²) < 4.78 is 13.6. The number of nitrogens with zero attached hydrogens (tertiary/aromatic N) is 1. The van der Waals surface area contributed by atoms with E-state index in [1.807, 2.05) is 6.92 Å². The fourth-order valence-electron chi connectivity index (χ4n) is 1.93. The highest BCUT2D eigenvalue weighted by molar-refractivity contribution is 5.97. The highest BCUT2D eigenvalue weighted by atomic mass is 19.1. The standard InChI is InChI=1S/C12H15FN2O2/c1-2-15(8-6-14-7-8)12(17)11-9(13)4-3-5-10(11)16/h3-5,8,14,16H,2,6-7H2,1H3. The summed E-state index contributed by atoms with van der Waals surface area (Å²) in [4.78, 5) is 13.7. The van der Waals surface area contributed by atoms with Gasteiger partial charge in [0.15, 0.2) is 0 Å². The Morgan fingerprint density at radius 3 is 2.76 bits per heavy atom. The summed E-state index contributed by atoms with van der Waals surface area (Å²) in [5, 5.41) is 12.6. The number of halogens is 1. The Morgan fingerprint density at radius 2 is 2.29 bits per heavy atom. The van der Waals surface area contributed by atoms with E-state index in [9.17, 15) is 14.3 Å². The monoisotopic (exact) mass is 238 g/mol. The number of carbonyl (C=O) groups excluding carboxylic acids is 1. The first-order chi connectivity index (χ1) is 8.15. The molecule has 17 heavy (non-hydrogen) atoms. The smallest absolute Gasteiger partial charge is 0.260 e. The Kier molecular flexibility index (Phi) is 3.28. The van der Waals surface area contributed by atoms with Crippen LogP contribution in [0.1, 0.15) is 17.3 Å². The SMILES string of the molecule is CCN(C(=O)c1c(O)cccc1F)C1CNC1. The van der Waals surface area contributed by atoms with Crippen molar-refractivity contribution in [3.63, 3.8) is 0 Å². The predicted octanol–water partition coefficient (Wildman–Crippen LogP) is 0.965. The summed E-state index contributed by atoms with van der Waals surface area (Å²) in [6, 6.07) is 3.97. The average Bonchev–Trinajstić information content (AvgIpc) is 2.22. The van der Waals surface area contributed by atoms with E-state index >= 15 is 0 Å². The molecule has 1 fully saturated rings. The van der Waals surface area contributed by atoms with Crippen molar-refractivity contribution in [2.45, 2.75) is 13.0 Å². The molecular formula is C12H15FN2O2. The number of hydrogen-bond acceptors (Lipinski definition) is 3. The molecule has 1 aliphatic rings. The molecule has 0 atom stereocenters. The fraction of sp³-hybridized carbons (Fsp3) is 0.417. The maximum Gasteiger partial charge on any atom is 0.260 e. The van der Waals surface area contributed by atoms with Crippen LogP contribution in [0.2, 0.25) is 0 Å². The number of aromatic hydroxyl groups is 1. The van der Waals surface area contributed by atoms with Crippen LogP contribution in [0.15, 0.2) is 18.2 Å². The third kappa shape index (κ3) is 2.10. The number of amides is 1. The highest BCUT2D eigenvalue weighted by Crippen LogP contribution is 2.23. The topological polar surface area (TPSA) is 52.6 Å². The zero-order chi connectivity index (χ0) is 12.4. The summed E-state index contributed by atoms with van der Waals surface area (Å²) in [5.74, 6) is -1.43. The molecule has 1 saturated heterocycles. The summed E-state index contributed by atoms with van der Waals surface area (Å²) in [6.45, 7) is 3.77. The largest absolute Gasteiger partial charge is 0.507 e. The van der Waals surface area contributed by atoms with Gasteiger partial charge in [0.2, 0.25) is 0 Å². The molecule has 0 aromatic heterocycles. The first-order valence-electron chi connectivity index (χ1n) is 5.64. The molecule has 0 unspecified atom stereocenters. The molecule has 0 radical (unpaired) electrons. The molecule has 5 heteroatoms. The lowest BCUT2D eigenvalue weighted by Crippen LogP contribution is -2.58. The van der Waals surface area contributed by atoms with Gasteiger partial charge in [0.05, 0.1) is 6.04 Å². The van der Waals surface area contributed by atoms with E-state index in [2.05, 4.69) is 5.32 Å². The number of phenols is 1. The van der Waals surface area contributed by atoms with E-state index in [0.717, 1.165) is 13.1 Å². The Morgan fingerprint density at radius 1 is 1.59 bits per heavy atom. The second kappa shape index (κ2) is 4.71. The molecule has 92 valence electrons. The van der Waals surface area contributed by atoms with Crippen molar-refractivity contribution in [1.82, 2.24) is 10.2 Å². The van der Waals surface area contributed by atoms with Gasteiger partial charge in [0.25, 0.3) is 5.91 Å². The zero-order valence-electron chi connectivity index (χ0n) is 9.61. The van der Waals surface area contributed by atoms with Crippen LogP contribution in [-0.4, -0.2) is 41.6 Å². The molecule has 1 aromatic carbocycles. The van der Waals surface area contributed by atoms with Crippen LogP contribution in [0.25, 0.3) is 0 Å². The van der Waals surface area contributed by atoms with Crippen LogP contribution >= 0.6 is 0 Å². The highest BCUT2D eigenvalue weighted by Gasteiger charge is 2.30. The van der Waals surface area contributed by atoms with E-state index in [1.54, 1.807) is 4.90 Å². The second-order valence-electron chi connectivity index (χ2n) is 4.04. The number of benzene rings is 1. The molecule has 2 rings (SSSR count).